The number of nitrogens with zero attached hydrogens (tertiary/aromatic N) is 4. The number of methoxy groups -OCH3 is 1. The molecule has 0 saturated carbocycles. The van der Waals surface area contributed by atoms with Crippen LogP contribution in [0.4, 0.5) is 17.1 Å². The number of non-ortho nitro benzene ring substituents is 1. The van der Waals surface area contributed by atoms with E-state index in [4.69, 9.17) is 4.74 Å². The lowest BCUT2D eigenvalue weighted by atomic mass is 9.92. The molecule has 1 fully saturated rings. The molecule has 0 spiro atoms. The van der Waals surface area contributed by atoms with Gasteiger partial charge in [-0.05, 0) is 54.1 Å². The third-order valence-electron chi connectivity index (χ3n) is 5.77. The van der Waals surface area contributed by atoms with Crippen LogP contribution in [0.3, 0.4) is 0 Å². The third kappa shape index (κ3) is 3.30. The maximum atomic E-state index is 13.5. The highest BCUT2D eigenvalue weighted by molar-refractivity contribution is 6.34. The quantitative estimate of drug-likeness (QED) is 0.341. The molecule has 0 bridgehead atoms. The molecule has 2 aliphatic heterocycles. The fourth-order valence-corrected chi connectivity index (χ4v) is 4.19. The van der Waals surface area contributed by atoms with Crippen molar-refractivity contribution >= 4 is 34.6 Å². The second-order valence-electron chi connectivity index (χ2n) is 7.60. The summed E-state index contributed by atoms with van der Waals surface area (Å²) in [6.45, 7) is 0. The molecule has 2 heterocycles. The van der Waals surface area contributed by atoms with Crippen molar-refractivity contribution < 1.29 is 19.2 Å². The number of hydrogen-bond acceptors (Lipinski definition) is 7. The smallest absolute Gasteiger partial charge is 0.269 e. The van der Waals surface area contributed by atoms with Crippen LogP contribution in [-0.2, 0) is 9.59 Å². The molecule has 33 heavy (non-hydrogen) atoms. The van der Waals surface area contributed by atoms with Crippen molar-refractivity contribution in [2.45, 2.75) is 6.04 Å². The molecule has 5 rings (SSSR count). The summed E-state index contributed by atoms with van der Waals surface area (Å²) in [5.41, 5.74) is 1.99. The first-order chi connectivity index (χ1) is 16.0. The third-order valence-corrected chi connectivity index (χ3v) is 5.77. The molecule has 3 aromatic carbocycles. The summed E-state index contributed by atoms with van der Waals surface area (Å²) < 4.78 is 5.17. The number of ether oxygens (including phenoxy) is 1. The highest BCUT2D eigenvalue weighted by Gasteiger charge is 2.57. The number of anilines is 2. The first-order valence-electron chi connectivity index (χ1n) is 10.2. The summed E-state index contributed by atoms with van der Waals surface area (Å²) >= 11 is 0. The average Bonchev–Trinajstić information content (AvgIpc) is 3.36. The Morgan fingerprint density at radius 1 is 0.879 bits per heavy atom. The lowest BCUT2D eigenvalue weighted by Crippen LogP contribution is -2.39. The van der Waals surface area contributed by atoms with E-state index in [-0.39, 0.29) is 11.6 Å². The number of para-hydroxylation sites is 1. The van der Waals surface area contributed by atoms with E-state index in [2.05, 4.69) is 5.10 Å². The largest absolute Gasteiger partial charge is 0.497 e. The van der Waals surface area contributed by atoms with Gasteiger partial charge in [-0.3, -0.25) is 24.7 Å². The molecular formula is C24H18N4O5. The molecule has 0 N–H and O–H groups in total. The molecule has 164 valence electrons. The lowest BCUT2D eigenvalue weighted by Gasteiger charge is -2.22. The van der Waals surface area contributed by atoms with E-state index in [1.807, 2.05) is 30.3 Å². The van der Waals surface area contributed by atoms with E-state index in [1.54, 1.807) is 41.4 Å². The molecule has 9 heteroatoms. The number of nitro groups is 1. The summed E-state index contributed by atoms with van der Waals surface area (Å²) in [4.78, 5) is 38.8. The van der Waals surface area contributed by atoms with Gasteiger partial charge in [-0.2, -0.15) is 5.10 Å². The normalized spacial score (nSPS) is 19.5. The molecule has 2 atom stereocenters. The molecule has 0 radical (unpaired) electrons. The summed E-state index contributed by atoms with van der Waals surface area (Å²) in [5.74, 6) is -1.02. The van der Waals surface area contributed by atoms with Crippen LogP contribution in [-0.4, -0.2) is 35.6 Å². The minimum Gasteiger partial charge on any atom is -0.497 e. The Morgan fingerprint density at radius 3 is 2.15 bits per heavy atom. The summed E-state index contributed by atoms with van der Waals surface area (Å²) in [7, 11) is 1.54. The number of carbonyl (C=O) groups is 2. The number of fused-ring (bicyclic) bond motifs is 1. The number of rotatable bonds is 5. The Balaban J connectivity index is 1.59. The van der Waals surface area contributed by atoms with Crippen LogP contribution in [0.1, 0.15) is 5.56 Å². The molecule has 9 nitrogen and oxygen atoms in total. The minimum absolute atomic E-state index is 0.0671. The summed E-state index contributed by atoms with van der Waals surface area (Å²) in [6.07, 6.45) is 0. The van der Waals surface area contributed by atoms with Crippen LogP contribution in [0.15, 0.2) is 84.0 Å². The predicted octanol–water partition coefficient (Wildman–Crippen LogP) is 3.39. The average molecular weight is 442 g/mol. The van der Waals surface area contributed by atoms with Crippen molar-refractivity contribution in [1.82, 2.24) is 0 Å². The number of hydrazone groups is 1. The number of hydrogen-bond donors (Lipinski definition) is 0. The van der Waals surface area contributed by atoms with Crippen molar-refractivity contribution in [3.8, 4) is 5.75 Å². The molecule has 2 amide bonds. The predicted molar refractivity (Wildman–Crippen MR) is 121 cm³/mol. The second-order valence-corrected chi connectivity index (χ2v) is 7.60. The van der Waals surface area contributed by atoms with Gasteiger partial charge < -0.3 is 4.74 Å². The zero-order valence-corrected chi connectivity index (χ0v) is 17.5. The topological polar surface area (TPSA) is 105 Å². The van der Waals surface area contributed by atoms with Gasteiger partial charge in [0, 0.05) is 12.1 Å². The number of carbonyl (C=O) groups excluding carboxylic acids is 2. The maximum Gasteiger partial charge on any atom is 0.269 e. The zero-order valence-electron chi connectivity index (χ0n) is 17.5. The van der Waals surface area contributed by atoms with Gasteiger partial charge in [-0.1, -0.05) is 18.2 Å². The Morgan fingerprint density at radius 2 is 1.55 bits per heavy atom. The van der Waals surface area contributed by atoms with Crippen molar-refractivity contribution in [2.24, 2.45) is 11.0 Å². The molecule has 1 saturated heterocycles. The van der Waals surface area contributed by atoms with Crippen molar-refractivity contribution in [3.05, 3.63) is 94.5 Å². The Labute approximate surface area is 188 Å². The van der Waals surface area contributed by atoms with Gasteiger partial charge in [0.15, 0.2) is 0 Å². The molecule has 0 unspecified atom stereocenters. The first-order valence-corrected chi connectivity index (χ1v) is 10.2. The van der Waals surface area contributed by atoms with E-state index >= 15 is 0 Å². The van der Waals surface area contributed by atoms with E-state index in [0.717, 1.165) is 0 Å². The van der Waals surface area contributed by atoms with Crippen molar-refractivity contribution in [2.75, 3.05) is 17.0 Å². The first kappa shape index (κ1) is 20.4. The summed E-state index contributed by atoms with van der Waals surface area (Å²) in [5, 5.41) is 17.2. The van der Waals surface area contributed by atoms with Gasteiger partial charge in [0.05, 0.1) is 29.1 Å². The van der Waals surface area contributed by atoms with Gasteiger partial charge in [0.25, 0.3) is 11.6 Å². The Bertz CT molecular complexity index is 1270. The number of imide groups is 1. The van der Waals surface area contributed by atoms with Gasteiger partial charge in [0.2, 0.25) is 5.91 Å². The highest BCUT2D eigenvalue weighted by atomic mass is 16.6. The van der Waals surface area contributed by atoms with E-state index in [9.17, 15) is 19.7 Å². The standard InChI is InChI=1S/C24H18N4O5/c1-33-19-13-11-16(12-14-19)26-23(29)20-21(15-7-9-18(10-8-15)28(31)32)25-27(22(20)24(26)30)17-5-3-2-4-6-17/h2-14,20,22H,1H3/t20-,22+/m0/s1. The Kier molecular flexibility index (Phi) is 4.86. The van der Waals surface area contributed by atoms with Crippen LogP contribution < -0.4 is 14.6 Å². The Hall–Kier alpha value is -4.53. The molecule has 0 aromatic heterocycles. The number of nitro benzene ring substituents is 1. The van der Waals surface area contributed by atoms with Crippen LogP contribution in [0.5, 0.6) is 5.75 Å². The van der Waals surface area contributed by atoms with Crippen LogP contribution in [0.2, 0.25) is 0 Å². The summed E-state index contributed by atoms with van der Waals surface area (Å²) in [6, 6.07) is 20.8. The van der Waals surface area contributed by atoms with E-state index in [1.165, 1.54) is 24.1 Å². The van der Waals surface area contributed by atoms with Gasteiger partial charge in [-0.25, -0.2) is 4.90 Å². The fourth-order valence-electron chi connectivity index (χ4n) is 4.19. The maximum absolute atomic E-state index is 13.5. The monoisotopic (exact) mass is 442 g/mol. The molecule has 2 aliphatic rings. The second kappa shape index (κ2) is 7.86. The molecule has 3 aromatic rings. The SMILES string of the molecule is COc1ccc(N2C(=O)[C@H]3C(c4ccc([N+](=O)[O-])cc4)=NN(c4ccccc4)[C@H]3C2=O)cc1. The zero-order chi connectivity index (χ0) is 23.1. The van der Waals surface area contributed by atoms with Crippen LogP contribution in [0.25, 0.3) is 0 Å². The highest BCUT2D eigenvalue weighted by Crippen LogP contribution is 2.39. The lowest BCUT2D eigenvalue weighted by molar-refractivity contribution is -0.384. The molecule has 0 aliphatic carbocycles. The number of amides is 2. The van der Waals surface area contributed by atoms with Crippen molar-refractivity contribution in [1.29, 1.82) is 0 Å². The minimum atomic E-state index is -0.854. The van der Waals surface area contributed by atoms with Gasteiger partial charge in [-0.15, -0.1) is 0 Å². The number of benzene rings is 3. The van der Waals surface area contributed by atoms with E-state index < -0.39 is 22.8 Å². The fraction of sp³-hybridized carbons (Fsp3) is 0.125. The van der Waals surface area contributed by atoms with Crippen molar-refractivity contribution in [3.63, 3.8) is 0 Å². The van der Waals surface area contributed by atoms with E-state index in [0.29, 0.717) is 28.4 Å². The molecular weight excluding hydrogens is 424 g/mol. The van der Waals surface area contributed by atoms with Crippen LogP contribution >= 0.6 is 0 Å². The van der Waals surface area contributed by atoms with Gasteiger partial charge >= 0.3 is 0 Å². The van der Waals surface area contributed by atoms with Gasteiger partial charge in [0.1, 0.15) is 17.7 Å². The van der Waals surface area contributed by atoms with Crippen LogP contribution in [0, 0.1) is 16.0 Å².